The maximum Gasteiger partial charge on any atom is 0.433 e. The van der Waals surface area contributed by atoms with Crippen molar-refractivity contribution in [1.82, 2.24) is 9.88 Å². The van der Waals surface area contributed by atoms with Gasteiger partial charge in [-0.2, -0.15) is 26.3 Å². The number of aliphatic hydroxyl groups is 1. The minimum absolute atomic E-state index is 0.0972. The number of halogens is 6. The minimum Gasteiger partial charge on any atom is -0.387 e. The fourth-order valence-electron chi connectivity index (χ4n) is 5.07. The van der Waals surface area contributed by atoms with Crippen LogP contribution in [-0.2, 0) is 12.4 Å². The van der Waals surface area contributed by atoms with Crippen LogP contribution in [0.15, 0.2) is 24.3 Å². The summed E-state index contributed by atoms with van der Waals surface area (Å²) in [6.07, 6.45) is -8.56. The lowest BCUT2D eigenvalue weighted by Crippen LogP contribution is -2.55. The highest BCUT2D eigenvalue weighted by atomic mass is 19.4. The van der Waals surface area contributed by atoms with Crippen molar-refractivity contribution in [1.29, 1.82) is 0 Å². The Balaban J connectivity index is 1.84. The molecule has 0 amide bonds. The zero-order valence-corrected chi connectivity index (χ0v) is 16.3. The molecular weight excluding hydrogens is 410 g/mol. The van der Waals surface area contributed by atoms with Crippen LogP contribution in [0.1, 0.15) is 49.1 Å². The molecule has 3 nitrogen and oxygen atoms in total. The summed E-state index contributed by atoms with van der Waals surface area (Å²) < 4.78 is 80.7. The Morgan fingerprint density at radius 2 is 1.90 bits per heavy atom. The highest BCUT2D eigenvalue weighted by Gasteiger charge is 2.44. The molecule has 5 unspecified atom stereocenters. The van der Waals surface area contributed by atoms with Crippen LogP contribution in [-0.4, -0.2) is 34.1 Å². The summed E-state index contributed by atoms with van der Waals surface area (Å²) in [6.45, 7) is 3.56. The van der Waals surface area contributed by atoms with Crippen LogP contribution in [0.2, 0.25) is 0 Å². The number of alkyl halides is 6. The van der Waals surface area contributed by atoms with Crippen molar-refractivity contribution in [2.45, 2.75) is 50.7 Å². The van der Waals surface area contributed by atoms with Crippen LogP contribution < -0.4 is 0 Å². The van der Waals surface area contributed by atoms with E-state index in [1.165, 1.54) is 6.07 Å². The monoisotopic (exact) mass is 432 g/mol. The normalized spacial score (nSPS) is 28.1. The molecule has 3 fully saturated rings. The lowest BCUT2D eigenvalue weighted by Gasteiger charge is -2.51. The van der Waals surface area contributed by atoms with Gasteiger partial charge < -0.3 is 5.11 Å². The molecule has 0 saturated carbocycles. The van der Waals surface area contributed by atoms with Crippen molar-refractivity contribution in [3.8, 4) is 0 Å². The molecule has 3 saturated heterocycles. The maximum absolute atomic E-state index is 13.4. The lowest BCUT2D eigenvalue weighted by atomic mass is 9.72. The van der Waals surface area contributed by atoms with Gasteiger partial charge in [0.1, 0.15) is 5.69 Å². The molecule has 1 aromatic carbocycles. The zero-order chi connectivity index (χ0) is 21.8. The van der Waals surface area contributed by atoms with Gasteiger partial charge in [-0.05, 0) is 48.9 Å². The van der Waals surface area contributed by atoms with Crippen LogP contribution in [0.3, 0.4) is 0 Å². The highest BCUT2D eigenvalue weighted by Crippen LogP contribution is 2.44. The topological polar surface area (TPSA) is 36.4 Å². The predicted molar refractivity (Wildman–Crippen MR) is 98.6 cm³/mol. The summed E-state index contributed by atoms with van der Waals surface area (Å²) >= 11 is 0. The number of fused-ring (bicyclic) bond motifs is 4. The summed E-state index contributed by atoms with van der Waals surface area (Å²) in [7, 11) is 0. The van der Waals surface area contributed by atoms with Crippen molar-refractivity contribution in [3.63, 3.8) is 0 Å². The lowest BCUT2D eigenvalue weighted by molar-refractivity contribution is -0.142. The average molecular weight is 432 g/mol. The number of pyridine rings is 1. The number of benzene rings is 1. The number of aromatic nitrogens is 1. The minimum atomic E-state index is -4.93. The highest BCUT2D eigenvalue weighted by molar-refractivity contribution is 5.86. The van der Waals surface area contributed by atoms with Gasteiger partial charge in [-0.3, -0.25) is 4.90 Å². The van der Waals surface area contributed by atoms with Crippen LogP contribution in [0, 0.1) is 11.8 Å². The van der Waals surface area contributed by atoms with E-state index in [4.69, 9.17) is 0 Å². The summed E-state index contributed by atoms with van der Waals surface area (Å²) in [5.41, 5.74) is -3.60. The molecule has 164 valence electrons. The van der Waals surface area contributed by atoms with Gasteiger partial charge in [0.2, 0.25) is 0 Å². The number of aliphatic hydroxyl groups excluding tert-OH is 1. The van der Waals surface area contributed by atoms with Crippen molar-refractivity contribution < 1.29 is 31.4 Å². The maximum atomic E-state index is 13.4. The Morgan fingerprint density at radius 3 is 2.47 bits per heavy atom. The number of nitrogens with zero attached hydrogens (tertiary/aromatic N) is 2. The molecule has 1 aromatic heterocycles. The number of hydrogen-bond acceptors (Lipinski definition) is 3. The van der Waals surface area contributed by atoms with Crippen molar-refractivity contribution >= 4 is 10.9 Å². The molecule has 2 aromatic rings. The second kappa shape index (κ2) is 7.37. The van der Waals surface area contributed by atoms with Gasteiger partial charge in [0, 0.05) is 18.0 Å². The van der Waals surface area contributed by atoms with Gasteiger partial charge in [0.15, 0.2) is 0 Å². The first-order valence-corrected chi connectivity index (χ1v) is 10.0. The first-order chi connectivity index (χ1) is 14.0. The number of para-hydroxylation sites is 1. The van der Waals surface area contributed by atoms with Gasteiger partial charge in [-0.1, -0.05) is 25.5 Å². The van der Waals surface area contributed by atoms with Gasteiger partial charge in [0.05, 0.1) is 17.2 Å². The van der Waals surface area contributed by atoms with Crippen LogP contribution in [0.5, 0.6) is 0 Å². The van der Waals surface area contributed by atoms with E-state index in [-0.39, 0.29) is 10.9 Å². The number of hydrogen-bond donors (Lipinski definition) is 1. The van der Waals surface area contributed by atoms with Crippen LogP contribution in [0.4, 0.5) is 26.3 Å². The largest absolute Gasteiger partial charge is 0.433 e. The molecule has 0 radical (unpaired) electrons. The molecule has 2 bridgehead atoms. The van der Waals surface area contributed by atoms with Crippen molar-refractivity contribution in [3.05, 3.63) is 41.1 Å². The third-order valence-electron chi connectivity index (χ3n) is 6.61. The summed E-state index contributed by atoms with van der Waals surface area (Å²) in [4.78, 5) is 5.37. The third kappa shape index (κ3) is 3.66. The molecule has 9 heteroatoms. The van der Waals surface area contributed by atoms with Crippen LogP contribution in [0.25, 0.3) is 10.9 Å². The first kappa shape index (κ1) is 21.4. The Labute approximate surface area is 169 Å². The molecule has 3 aliphatic rings. The van der Waals surface area contributed by atoms with Gasteiger partial charge in [0.25, 0.3) is 0 Å². The van der Waals surface area contributed by atoms with E-state index in [9.17, 15) is 31.4 Å². The van der Waals surface area contributed by atoms with Gasteiger partial charge in [-0.15, -0.1) is 0 Å². The average Bonchev–Trinajstić information content (AvgIpc) is 2.70. The molecule has 30 heavy (non-hydrogen) atoms. The predicted octanol–water partition coefficient (Wildman–Crippen LogP) is 5.43. The van der Waals surface area contributed by atoms with Crippen molar-refractivity contribution in [2.24, 2.45) is 11.8 Å². The summed E-state index contributed by atoms with van der Waals surface area (Å²) in [5, 5.41) is 11.0. The molecule has 5 rings (SSSR count). The van der Waals surface area contributed by atoms with E-state index in [1.54, 1.807) is 0 Å². The zero-order valence-electron chi connectivity index (χ0n) is 16.3. The van der Waals surface area contributed by atoms with E-state index in [0.29, 0.717) is 30.4 Å². The standard InChI is InChI=1S/C21H22F6N2O/c1-2-11-10-29-7-6-12(11)8-16(29)19(30)14-9-17(21(25,26)27)28-18-13(14)4-3-5-15(18)20(22,23)24/h3-5,9,11-12,16,19,30H,2,6-8,10H2,1H3. The quantitative estimate of drug-likeness (QED) is 0.658. The van der Waals surface area contributed by atoms with E-state index < -0.39 is 41.3 Å². The van der Waals surface area contributed by atoms with Crippen molar-refractivity contribution in [2.75, 3.05) is 13.1 Å². The Hall–Kier alpha value is -1.87. The van der Waals surface area contributed by atoms with E-state index in [0.717, 1.165) is 32.0 Å². The van der Waals surface area contributed by atoms with E-state index in [2.05, 4.69) is 16.8 Å². The second-order valence-corrected chi connectivity index (χ2v) is 8.25. The second-order valence-electron chi connectivity index (χ2n) is 8.25. The fraction of sp³-hybridized carbons (Fsp3) is 0.571. The third-order valence-corrected chi connectivity index (χ3v) is 6.61. The van der Waals surface area contributed by atoms with E-state index in [1.807, 2.05) is 0 Å². The Bertz CT molecular complexity index is 941. The smallest absolute Gasteiger partial charge is 0.387 e. The first-order valence-electron chi connectivity index (χ1n) is 10.0. The van der Waals surface area contributed by atoms with Gasteiger partial charge >= 0.3 is 12.4 Å². The Morgan fingerprint density at radius 1 is 1.17 bits per heavy atom. The Kier molecular flexibility index (Phi) is 5.25. The number of rotatable bonds is 3. The summed E-state index contributed by atoms with van der Waals surface area (Å²) in [6, 6.07) is 3.42. The molecule has 4 heterocycles. The summed E-state index contributed by atoms with van der Waals surface area (Å²) in [5.74, 6) is 0.833. The molecule has 0 aliphatic carbocycles. The molecule has 3 aliphatic heterocycles. The molecule has 1 N–H and O–H groups in total. The number of piperidine rings is 3. The molecule has 0 spiro atoms. The fourth-order valence-corrected chi connectivity index (χ4v) is 5.07. The molecule has 5 atom stereocenters. The van der Waals surface area contributed by atoms with Gasteiger partial charge in [-0.25, -0.2) is 4.98 Å². The SMILES string of the molecule is CCC1CN2CCC1CC2C(O)c1cc(C(F)(F)F)nc2c(C(F)(F)F)cccc12. The van der Waals surface area contributed by atoms with Crippen LogP contribution >= 0.6 is 0 Å². The van der Waals surface area contributed by atoms with E-state index >= 15 is 0 Å². The molecular formula is C21H22F6N2O.